The van der Waals surface area contributed by atoms with Gasteiger partial charge in [-0.25, -0.2) is 8.78 Å². The molecule has 1 aliphatic rings. The summed E-state index contributed by atoms with van der Waals surface area (Å²) in [5.41, 5.74) is 1.58. The Balaban J connectivity index is 1.59. The van der Waals surface area contributed by atoms with Gasteiger partial charge in [-0.1, -0.05) is 12.1 Å². The molecule has 0 atom stereocenters. The number of hydrogen-bond donors (Lipinski definition) is 0. The van der Waals surface area contributed by atoms with Gasteiger partial charge in [0.1, 0.15) is 29.7 Å². The van der Waals surface area contributed by atoms with E-state index in [0.717, 1.165) is 0 Å². The van der Waals surface area contributed by atoms with Crippen LogP contribution in [0.15, 0.2) is 54.3 Å². The van der Waals surface area contributed by atoms with Gasteiger partial charge in [0.15, 0.2) is 17.3 Å². The summed E-state index contributed by atoms with van der Waals surface area (Å²) in [4.78, 5) is 12.9. The zero-order valence-electron chi connectivity index (χ0n) is 17.7. The number of rotatable bonds is 6. The molecule has 0 aromatic heterocycles. The molecule has 1 aliphatic heterocycles. The van der Waals surface area contributed by atoms with E-state index < -0.39 is 11.6 Å². The van der Waals surface area contributed by atoms with Gasteiger partial charge >= 0.3 is 0 Å². The predicted molar refractivity (Wildman–Crippen MR) is 114 cm³/mol. The summed E-state index contributed by atoms with van der Waals surface area (Å²) >= 11 is 0. The quantitative estimate of drug-likeness (QED) is 0.477. The fourth-order valence-electron chi connectivity index (χ4n) is 3.48. The summed E-state index contributed by atoms with van der Waals surface area (Å²) < 4.78 is 49.6. The van der Waals surface area contributed by atoms with Crippen LogP contribution < -0.4 is 18.9 Å². The van der Waals surface area contributed by atoms with Crippen LogP contribution in [-0.4, -0.2) is 20.0 Å². The first-order valence-corrected chi connectivity index (χ1v) is 9.78. The number of ketones is 1. The number of methoxy groups -OCH3 is 2. The zero-order chi connectivity index (χ0) is 22.8. The highest BCUT2D eigenvalue weighted by molar-refractivity contribution is 6.15. The molecular formula is C25H20F2O5. The van der Waals surface area contributed by atoms with Crippen LogP contribution in [-0.2, 0) is 6.61 Å². The molecule has 0 bridgehead atoms. The van der Waals surface area contributed by atoms with E-state index in [9.17, 15) is 13.6 Å². The molecule has 0 unspecified atom stereocenters. The van der Waals surface area contributed by atoms with Gasteiger partial charge in [0.25, 0.3) is 0 Å². The molecule has 3 aromatic carbocycles. The second-order valence-electron chi connectivity index (χ2n) is 7.16. The van der Waals surface area contributed by atoms with Crippen LogP contribution >= 0.6 is 0 Å². The van der Waals surface area contributed by atoms with Gasteiger partial charge in [0.05, 0.1) is 25.3 Å². The highest BCUT2D eigenvalue weighted by Gasteiger charge is 2.30. The van der Waals surface area contributed by atoms with Crippen LogP contribution in [0.5, 0.6) is 23.0 Å². The van der Waals surface area contributed by atoms with Crippen molar-refractivity contribution >= 4 is 11.9 Å². The molecule has 3 aromatic rings. The maximum absolute atomic E-state index is 13.8. The molecular weight excluding hydrogens is 418 g/mol. The lowest BCUT2D eigenvalue weighted by Crippen LogP contribution is -2.02. The highest BCUT2D eigenvalue weighted by atomic mass is 19.1. The summed E-state index contributed by atoms with van der Waals surface area (Å²) in [6.07, 6.45) is 1.61. The lowest BCUT2D eigenvalue weighted by Gasteiger charge is -2.10. The smallest absolute Gasteiger partial charge is 0.232 e. The Labute approximate surface area is 183 Å². The third kappa shape index (κ3) is 4.01. The third-order valence-corrected chi connectivity index (χ3v) is 5.09. The van der Waals surface area contributed by atoms with Gasteiger partial charge in [0, 0.05) is 6.07 Å². The molecule has 164 valence electrons. The Morgan fingerprint density at radius 3 is 2.38 bits per heavy atom. The van der Waals surface area contributed by atoms with E-state index in [0.29, 0.717) is 39.7 Å². The van der Waals surface area contributed by atoms with Gasteiger partial charge in [-0.05, 0) is 54.5 Å². The van der Waals surface area contributed by atoms with Gasteiger partial charge in [-0.3, -0.25) is 4.79 Å². The van der Waals surface area contributed by atoms with Crippen molar-refractivity contribution in [2.45, 2.75) is 13.5 Å². The number of hydrogen-bond acceptors (Lipinski definition) is 5. The lowest BCUT2D eigenvalue weighted by molar-refractivity contribution is 0.101. The average Bonchev–Trinajstić information content (AvgIpc) is 3.08. The summed E-state index contributed by atoms with van der Waals surface area (Å²) in [5.74, 6) is 0.267. The maximum Gasteiger partial charge on any atom is 0.232 e. The number of fused-ring (bicyclic) bond motifs is 1. The standard InChI is InChI=1S/C25H20F2O5/c1-14-9-16(31-13-17-18(26)5-4-6-19(17)27)12-22-24(14)25(28)23(32-22)11-15-7-8-20(29-2)21(10-15)30-3/h4-12H,13H2,1-3H3/b23-11-. The Hall–Kier alpha value is -3.87. The number of Topliss-reactive ketones (excluding diaryl/α,β-unsaturated/α-hetero) is 1. The van der Waals surface area contributed by atoms with Crippen molar-refractivity contribution in [1.82, 2.24) is 0 Å². The third-order valence-electron chi connectivity index (χ3n) is 5.09. The minimum atomic E-state index is -0.686. The molecule has 0 spiro atoms. The Kier molecular flexibility index (Phi) is 5.81. The van der Waals surface area contributed by atoms with Crippen LogP contribution in [0.3, 0.4) is 0 Å². The van der Waals surface area contributed by atoms with Crippen LogP contribution in [0.1, 0.15) is 27.0 Å². The Morgan fingerprint density at radius 1 is 0.969 bits per heavy atom. The molecule has 0 saturated heterocycles. The molecule has 1 heterocycles. The molecule has 0 N–H and O–H groups in total. The maximum atomic E-state index is 13.8. The predicted octanol–water partition coefficient (Wildman–Crippen LogP) is 5.49. The van der Waals surface area contributed by atoms with Crippen LogP contribution in [0.25, 0.3) is 6.08 Å². The summed E-state index contributed by atoms with van der Waals surface area (Å²) in [6, 6.07) is 12.0. The van der Waals surface area contributed by atoms with Gasteiger partial charge in [-0.15, -0.1) is 0 Å². The SMILES string of the molecule is COc1ccc(/C=C2\Oc3cc(OCc4c(F)cccc4F)cc(C)c3C2=O)cc1OC. The minimum absolute atomic E-state index is 0.146. The summed E-state index contributed by atoms with van der Waals surface area (Å²) in [5, 5.41) is 0. The number of halogens is 2. The number of aryl methyl sites for hydroxylation is 1. The van der Waals surface area contributed by atoms with Crippen molar-refractivity contribution in [2.75, 3.05) is 14.2 Å². The van der Waals surface area contributed by atoms with E-state index in [-0.39, 0.29) is 23.7 Å². The summed E-state index contributed by atoms with van der Waals surface area (Å²) in [7, 11) is 3.07. The van der Waals surface area contributed by atoms with Crippen LogP contribution in [0.2, 0.25) is 0 Å². The van der Waals surface area contributed by atoms with Gasteiger partial charge < -0.3 is 18.9 Å². The topological polar surface area (TPSA) is 54.0 Å². The monoisotopic (exact) mass is 438 g/mol. The molecule has 5 nitrogen and oxygen atoms in total. The number of benzene rings is 3. The molecule has 0 radical (unpaired) electrons. The van der Waals surface area contributed by atoms with E-state index in [1.54, 1.807) is 44.4 Å². The molecule has 0 aliphatic carbocycles. The lowest BCUT2D eigenvalue weighted by atomic mass is 10.0. The van der Waals surface area contributed by atoms with E-state index >= 15 is 0 Å². The molecule has 7 heteroatoms. The second kappa shape index (κ2) is 8.70. The van der Waals surface area contributed by atoms with Crippen molar-refractivity contribution < 1.29 is 32.5 Å². The first-order valence-electron chi connectivity index (χ1n) is 9.78. The first-order chi connectivity index (χ1) is 15.4. The fourth-order valence-corrected chi connectivity index (χ4v) is 3.48. The van der Waals surface area contributed by atoms with Crippen LogP contribution in [0.4, 0.5) is 8.78 Å². The van der Waals surface area contributed by atoms with Crippen molar-refractivity contribution in [3.8, 4) is 23.0 Å². The summed E-state index contributed by atoms with van der Waals surface area (Å²) in [6.45, 7) is 1.45. The number of carbonyl (C=O) groups excluding carboxylic acids is 1. The first kappa shape index (κ1) is 21.4. The van der Waals surface area contributed by atoms with Crippen LogP contribution in [0, 0.1) is 18.6 Å². The van der Waals surface area contributed by atoms with Gasteiger partial charge in [-0.2, -0.15) is 0 Å². The molecule has 0 fully saturated rings. The zero-order valence-corrected chi connectivity index (χ0v) is 17.7. The van der Waals surface area contributed by atoms with E-state index in [4.69, 9.17) is 18.9 Å². The molecule has 32 heavy (non-hydrogen) atoms. The molecule has 0 saturated carbocycles. The van der Waals surface area contributed by atoms with Crippen molar-refractivity contribution in [2.24, 2.45) is 0 Å². The van der Waals surface area contributed by atoms with Crippen molar-refractivity contribution in [1.29, 1.82) is 0 Å². The van der Waals surface area contributed by atoms with E-state index in [2.05, 4.69) is 0 Å². The second-order valence-corrected chi connectivity index (χ2v) is 7.16. The van der Waals surface area contributed by atoms with E-state index in [1.807, 2.05) is 0 Å². The van der Waals surface area contributed by atoms with Crippen molar-refractivity contribution in [3.63, 3.8) is 0 Å². The van der Waals surface area contributed by atoms with E-state index in [1.165, 1.54) is 31.4 Å². The molecule has 4 rings (SSSR count). The molecule has 0 amide bonds. The average molecular weight is 438 g/mol. The number of carbonyl (C=O) groups is 1. The highest BCUT2D eigenvalue weighted by Crippen LogP contribution is 2.38. The Morgan fingerprint density at radius 2 is 1.69 bits per heavy atom. The largest absolute Gasteiger partial charge is 0.493 e. The van der Waals surface area contributed by atoms with Gasteiger partial charge in [0.2, 0.25) is 5.78 Å². The minimum Gasteiger partial charge on any atom is -0.493 e. The van der Waals surface area contributed by atoms with Crippen molar-refractivity contribution in [3.05, 3.63) is 88.2 Å². The Bertz CT molecular complexity index is 1210. The number of allylic oxidation sites excluding steroid dienone is 1. The number of ether oxygens (including phenoxy) is 4. The fraction of sp³-hybridized carbons (Fsp3) is 0.160. The normalized spacial score (nSPS) is 13.7.